The summed E-state index contributed by atoms with van der Waals surface area (Å²) in [5, 5.41) is 22.7. The van der Waals surface area contributed by atoms with Gasteiger partial charge in [-0.3, -0.25) is 15.1 Å². The molecule has 0 amide bonds. The molecule has 2 N–H and O–H groups in total. The molecule has 102 valence electrons. The molecule has 1 heterocycles. The van der Waals surface area contributed by atoms with Crippen LogP contribution in [0.25, 0.3) is 0 Å². The van der Waals surface area contributed by atoms with Gasteiger partial charge < -0.3 is 10.4 Å². The van der Waals surface area contributed by atoms with Gasteiger partial charge in [0, 0.05) is 25.0 Å². The van der Waals surface area contributed by atoms with Crippen molar-refractivity contribution in [2.75, 3.05) is 5.32 Å². The van der Waals surface area contributed by atoms with E-state index in [9.17, 15) is 14.9 Å². The third kappa shape index (κ3) is 3.08. The summed E-state index contributed by atoms with van der Waals surface area (Å²) < 4.78 is 0. The summed E-state index contributed by atoms with van der Waals surface area (Å²) in [6.07, 6.45) is 3.25. The average molecular weight is 273 g/mol. The van der Waals surface area contributed by atoms with Crippen molar-refractivity contribution >= 4 is 17.3 Å². The van der Waals surface area contributed by atoms with E-state index >= 15 is 0 Å². The molecule has 1 aromatic heterocycles. The molecule has 0 aliphatic heterocycles. The van der Waals surface area contributed by atoms with Crippen molar-refractivity contribution in [1.82, 2.24) is 4.98 Å². The van der Waals surface area contributed by atoms with Crippen LogP contribution in [0.2, 0.25) is 0 Å². The molecule has 7 heteroatoms. The summed E-state index contributed by atoms with van der Waals surface area (Å²) in [6, 6.07) is 7.32. The van der Waals surface area contributed by atoms with E-state index in [1.54, 1.807) is 24.5 Å². The van der Waals surface area contributed by atoms with E-state index in [1.807, 2.05) is 0 Å². The van der Waals surface area contributed by atoms with Crippen molar-refractivity contribution in [3.63, 3.8) is 0 Å². The minimum atomic E-state index is -1.20. The Kier molecular flexibility index (Phi) is 3.90. The summed E-state index contributed by atoms with van der Waals surface area (Å²) in [6.45, 7) is 0.385. The van der Waals surface area contributed by atoms with Gasteiger partial charge in [0.15, 0.2) is 0 Å². The molecular weight excluding hydrogens is 262 g/mol. The highest BCUT2D eigenvalue weighted by molar-refractivity contribution is 5.89. The number of rotatable bonds is 5. The fraction of sp³-hybridized carbons (Fsp3) is 0.0769. The number of nitrogens with one attached hydrogen (secondary N) is 1. The van der Waals surface area contributed by atoms with Crippen LogP contribution in [0, 0.1) is 10.1 Å². The van der Waals surface area contributed by atoms with E-state index in [2.05, 4.69) is 10.3 Å². The van der Waals surface area contributed by atoms with E-state index < -0.39 is 10.9 Å². The number of nitrogens with zero attached hydrogens (tertiary/aromatic N) is 2. The second-order valence-corrected chi connectivity index (χ2v) is 4.00. The highest BCUT2D eigenvalue weighted by Crippen LogP contribution is 2.26. The molecular formula is C13H11N3O4. The van der Waals surface area contributed by atoms with E-state index in [-0.39, 0.29) is 16.9 Å². The predicted octanol–water partition coefficient (Wildman–Crippen LogP) is 2.30. The largest absolute Gasteiger partial charge is 0.478 e. The van der Waals surface area contributed by atoms with Gasteiger partial charge in [-0.15, -0.1) is 0 Å². The lowest BCUT2D eigenvalue weighted by molar-refractivity contribution is -0.384. The fourth-order valence-electron chi connectivity index (χ4n) is 1.66. The molecule has 0 fully saturated rings. The SMILES string of the molecule is O=C(O)c1ccc(NCc2ccncc2)c([N+](=O)[O-])c1. The predicted molar refractivity (Wildman–Crippen MR) is 71.6 cm³/mol. The summed E-state index contributed by atoms with van der Waals surface area (Å²) in [5.41, 5.74) is 0.804. The lowest BCUT2D eigenvalue weighted by atomic mass is 10.1. The molecule has 2 rings (SSSR count). The highest BCUT2D eigenvalue weighted by atomic mass is 16.6. The van der Waals surface area contributed by atoms with Gasteiger partial charge >= 0.3 is 5.97 Å². The van der Waals surface area contributed by atoms with Crippen LogP contribution in [0.1, 0.15) is 15.9 Å². The summed E-state index contributed by atoms with van der Waals surface area (Å²) >= 11 is 0. The van der Waals surface area contributed by atoms with Gasteiger partial charge in [0.2, 0.25) is 0 Å². The maximum absolute atomic E-state index is 11.0. The number of nitro benzene ring substituents is 1. The van der Waals surface area contributed by atoms with E-state index in [1.165, 1.54) is 12.1 Å². The summed E-state index contributed by atoms with van der Waals surface area (Å²) in [4.78, 5) is 25.1. The molecule has 1 aromatic carbocycles. The fourth-order valence-corrected chi connectivity index (χ4v) is 1.66. The van der Waals surface area contributed by atoms with Gasteiger partial charge in [0.05, 0.1) is 10.5 Å². The first-order valence-electron chi connectivity index (χ1n) is 5.72. The molecule has 0 atom stereocenters. The number of aromatic carboxylic acids is 1. The van der Waals surface area contributed by atoms with Crippen LogP contribution in [0.4, 0.5) is 11.4 Å². The first-order chi connectivity index (χ1) is 9.58. The van der Waals surface area contributed by atoms with Crippen LogP contribution < -0.4 is 5.32 Å². The number of hydrogen-bond acceptors (Lipinski definition) is 5. The first-order valence-corrected chi connectivity index (χ1v) is 5.72. The average Bonchev–Trinajstić information content (AvgIpc) is 2.45. The van der Waals surface area contributed by atoms with Crippen LogP contribution in [0.3, 0.4) is 0 Å². The minimum absolute atomic E-state index is 0.119. The van der Waals surface area contributed by atoms with Crippen LogP contribution in [-0.2, 0) is 6.54 Å². The van der Waals surface area contributed by atoms with E-state index in [0.717, 1.165) is 11.6 Å². The molecule has 0 bridgehead atoms. The number of pyridine rings is 1. The number of nitro groups is 1. The van der Waals surface area contributed by atoms with Crippen LogP contribution in [0.15, 0.2) is 42.7 Å². The van der Waals surface area contributed by atoms with Gasteiger partial charge in [-0.1, -0.05) is 0 Å². The number of carboxylic acid groups (broad SMARTS) is 1. The molecule has 2 aromatic rings. The number of anilines is 1. The second kappa shape index (κ2) is 5.79. The van der Waals surface area contributed by atoms with Crippen molar-refractivity contribution < 1.29 is 14.8 Å². The Morgan fingerprint density at radius 3 is 2.60 bits per heavy atom. The quantitative estimate of drug-likeness (QED) is 0.639. The zero-order valence-corrected chi connectivity index (χ0v) is 10.3. The number of benzene rings is 1. The van der Waals surface area contributed by atoms with Crippen molar-refractivity contribution in [3.05, 3.63) is 64.0 Å². The highest BCUT2D eigenvalue weighted by Gasteiger charge is 2.16. The third-order valence-electron chi connectivity index (χ3n) is 2.67. The van der Waals surface area contributed by atoms with Gasteiger partial charge in [-0.25, -0.2) is 4.79 Å². The molecule has 0 aliphatic carbocycles. The van der Waals surface area contributed by atoms with Gasteiger partial charge in [0.1, 0.15) is 5.69 Å². The molecule has 20 heavy (non-hydrogen) atoms. The Hall–Kier alpha value is -2.96. The number of carboxylic acids is 1. The molecule has 0 unspecified atom stereocenters. The minimum Gasteiger partial charge on any atom is -0.478 e. The Labute approximate surface area is 114 Å². The zero-order valence-electron chi connectivity index (χ0n) is 10.3. The maximum atomic E-state index is 11.0. The van der Waals surface area contributed by atoms with Crippen molar-refractivity contribution in [2.24, 2.45) is 0 Å². The second-order valence-electron chi connectivity index (χ2n) is 4.00. The zero-order chi connectivity index (χ0) is 14.5. The molecule has 7 nitrogen and oxygen atoms in total. The lowest BCUT2D eigenvalue weighted by Crippen LogP contribution is -2.05. The Morgan fingerprint density at radius 1 is 1.30 bits per heavy atom. The van der Waals surface area contributed by atoms with Crippen molar-refractivity contribution in [2.45, 2.75) is 6.54 Å². The van der Waals surface area contributed by atoms with Crippen molar-refractivity contribution in [1.29, 1.82) is 0 Å². The van der Waals surface area contributed by atoms with Crippen LogP contribution in [-0.4, -0.2) is 21.0 Å². The standard InChI is InChI=1S/C13H11N3O4/c17-13(18)10-1-2-11(12(7-10)16(19)20)15-8-9-3-5-14-6-4-9/h1-7,15H,8H2,(H,17,18). The van der Waals surface area contributed by atoms with E-state index in [4.69, 9.17) is 5.11 Å². The first kappa shape index (κ1) is 13.5. The Bertz CT molecular complexity index is 643. The molecule has 0 radical (unpaired) electrons. The molecule has 0 spiro atoms. The van der Waals surface area contributed by atoms with Crippen LogP contribution >= 0.6 is 0 Å². The number of aromatic nitrogens is 1. The molecule has 0 saturated heterocycles. The third-order valence-corrected chi connectivity index (χ3v) is 2.67. The summed E-state index contributed by atoms with van der Waals surface area (Å²) in [7, 11) is 0. The van der Waals surface area contributed by atoms with Gasteiger partial charge in [-0.05, 0) is 29.8 Å². The normalized spacial score (nSPS) is 10.0. The van der Waals surface area contributed by atoms with Gasteiger partial charge in [0.25, 0.3) is 5.69 Å². The van der Waals surface area contributed by atoms with Crippen molar-refractivity contribution in [3.8, 4) is 0 Å². The molecule has 0 saturated carbocycles. The van der Waals surface area contributed by atoms with E-state index in [0.29, 0.717) is 6.54 Å². The maximum Gasteiger partial charge on any atom is 0.335 e. The monoisotopic (exact) mass is 273 g/mol. The van der Waals surface area contributed by atoms with Gasteiger partial charge in [-0.2, -0.15) is 0 Å². The smallest absolute Gasteiger partial charge is 0.335 e. The van der Waals surface area contributed by atoms with Crippen LogP contribution in [0.5, 0.6) is 0 Å². The number of hydrogen-bond donors (Lipinski definition) is 2. The Morgan fingerprint density at radius 2 is 2.00 bits per heavy atom. The number of carbonyl (C=O) groups is 1. The molecule has 0 aliphatic rings. The topological polar surface area (TPSA) is 105 Å². The lowest BCUT2D eigenvalue weighted by Gasteiger charge is -2.07. The summed E-state index contributed by atoms with van der Waals surface area (Å²) in [5.74, 6) is -1.20. The Balaban J connectivity index is 2.23.